The van der Waals surface area contributed by atoms with Crippen molar-refractivity contribution in [2.24, 2.45) is 9.98 Å². The first-order chi connectivity index (χ1) is 18.8. The fourth-order valence-corrected chi connectivity index (χ4v) is 5.05. The van der Waals surface area contributed by atoms with Gasteiger partial charge in [-0.25, -0.2) is 4.99 Å². The van der Waals surface area contributed by atoms with Crippen LogP contribution < -0.4 is 5.32 Å². The van der Waals surface area contributed by atoms with Gasteiger partial charge in [0.2, 0.25) is 0 Å². The molecule has 0 radical (unpaired) electrons. The fourth-order valence-electron chi connectivity index (χ4n) is 5.05. The molecule has 0 saturated heterocycles. The van der Waals surface area contributed by atoms with Crippen LogP contribution >= 0.6 is 0 Å². The molecule has 2 aliphatic heterocycles. The quantitative estimate of drug-likeness (QED) is 0.265. The van der Waals surface area contributed by atoms with Gasteiger partial charge >= 0.3 is 0 Å². The smallest absolute Gasteiger partial charge is 0.279 e. The average Bonchev–Trinajstić information content (AvgIpc) is 2.98. The van der Waals surface area contributed by atoms with Gasteiger partial charge in [-0.1, -0.05) is 77.8 Å². The van der Waals surface area contributed by atoms with Gasteiger partial charge in [-0.15, -0.1) is 0 Å². The van der Waals surface area contributed by atoms with Crippen molar-refractivity contribution in [3.8, 4) is 11.1 Å². The van der Waals surface area contributed by atoms with Crippen molar-refractivity contribution < 1.29 is 4.58 Å². The highest BCUT2D eigenvalue weighted by molar-refractivity contribution is 6.16. The van der Waals surface area contributed by atoms with Crippen LogP contribution in [-0.4, -0.2) is 29.1 Å². The predicted octanol–water partition coefficient (Wildman–Crippen LogP) is 7.03. The number of nitrogens with zero attached hydrogens (tertiary/aromatic N) is 3. The molecule has 0 spiro atoms. The van der Waals surface area contributed by atoms with E-state index in [4.69, 9.17) is 4.99 Å². The summed E-state index contributed by atoms with van der Waals surface area (Å²) in [5.74, 6) is 1.93. The van der Waals surface area contributed by atoms with Crippen LogP contribution in [0, 0.1) is 0 Å². The van der Waals surface area contributed by atoms with Crippen LogP contribution in [0.1, 0.15) is 16.7 Å². The number of aliphatic imine (C=N–C) groups is 2. The molecular weight excluding hydrogens is 464 g/mol. The molecule has 0 aliphatic carbocycles. The minimum absolute atomic E-state index is 0.795. The van der Waals surface area contributed by atoms with Crippen molar-refractivity contribution in [1.29, 1.82) is 0 Å². The second-order valence-electron chi connectivity index (χ2n) is 9.46. The number of rotatable bonds is 5. The number of hydrogen-bond acceptors (Lipinski definition) is 3. The first-order valence-corrected chi connectivity index (χ1v) is 12.8. The topological polar surface area (TPSA) is 39.8 Å². The van der Waals surface area contributed by atoms with Crippen LogP contribution in [0.15, 0.2) is 138 Å². The highest BCUT2D eigenvalue weighted by atomic mass is 15.2. The zero-order valence-electron chi connectivity index (χ0n) is 20.8. The minimum Gasteiger partial charge on any atom is -0.372 e. The molecule has 2 aliphatic rings. The number of nitrogens with one attached hydrogen (secondary N) is 1. The van der Waals surface area contributed by atoms with Gasteiger partial charge in [-0.2, -0.15) is 4.58 Å². The standard InChI is InChI=1S/C34H25N4/c1-3-7-26(8-4-1)33-37-34(38(33)32-9-5-2-6-10-32)27-15-11-24(12-16-27)28-17-13-25-14-18-29(20-30(25)19-28)31-21-35-23-36-22-31/h1-21,23H,22H2,(H,35,36)/q+1. The van der Waals surface area contributed by atoms with Gasteiger partial charge < -0.3 is 5.32 Å². The van der Waals surface area contributed by atoms with Crippen molar-refractivity contribution in [3.05, 3.63) is 144 Å². The third-order valence-corrected chi connectivity index (χ3v) is 7.06. The maximum absolute atomic E-state index is 4.96. The predicted molar refractivity (Wildman–Crippen MR) is 157 cm³/mol. The lowest BCUT2D eigenvalue weighted by molar-refractivity contribution is -0.319. The monoisotopic (exact) mass is 489 g/mol. The van der Waals surface area contributed by atoms with Gasteiger partial charge in [-0.05, 0) is 81.6 Å². The Morgan fingerprint density at radius 3 is 1.97 bits per heavy atom. The molecule has 5 aromatic rings. The normalized spacial score (nSPS) is 14.5. The maximum atomic E-state index is 4.96. The molecule has 1 N–H and O–H groups in total. The van der Waals surface area contributed by atoms with E-state index in [1.54, 1.807) is 6.34 Å². The Balaban J connectivity index is 1.22. The molecule has 2 heterocycles. The van der Waals surface area contributed by atoms with Crippen LogP contribution in [0.3, 0.4) is 0 Å². The summed E-state index contributed by atoms with van der Waals surface area (Å²) in [4.78, 5) is 9.20. The SMILES string of the molecule is C1=NC=C(c2ccc3ccc(-c4ccc(C5=[N+](c6ccccc6)C(c6ccccc6)=N5)cc4)cc3c2)CN1. The molecule has 38 heavy (non-hydrogen) atoms. The number of benzene rings is 5. The summed E-state index contributed by atoms with van der Waals surface area (Å²) >= 11 is 0. The van der Waals surface area contributed by atoms with E-state index in [0.29, 0.717) is 0 Å². The molecule has 5 aromatic carbocycles. The molecule has 0 aromatic heterocycles. The van der Waals surface area contributed by atoms with E-state index in [2.05, 4.69) is 124 Å². The van der Waals surface area contributed by atoms with Crippen molar-refractivity contribution in [1.82, 2.24) is 5.32 Å². The Morgan fingerprint density at radius 1 is 0.579 bits per heavy atom. The van der Waals surface area contributed by atoms with Crippen LogP contribution in [0.2, 0.25) is 0 Å². The summed E-state index contributed by atoms with van der Waals surface area (Å²) in [6.07, 6.45) is 3.67. The van der Waals surface area contributed by atoms with Gasteiger partial charge in [0.1, 0.15) is 5.69 Å². The second-order valence-corrected chi connectivity index (χ2v) is 9.46. The zero-order chi connectivity index (χ0) is 25.3. The van der Waals surface area contributed by atoms with Gasteiger partial charge in [0, 0.05) is 12.7 Å². The second kappa shape index (κ2) is 9.41. The van der Waals surface area contributed by atoms with Crippen molar-refractivity contribution >= 4 is 40.0 Å². The highest BCUT2D eigenvalue weighted by Gasteiger charge is 2.32. The minimum atomic E-state index is 0.795. The van der Waals surface area contributed by atoms with Crippen molar-refractivity contribution in [2.45, 2.75) is 0 Å². The van der Waals surface area contributed by atoms with Crippen molar-refractivity contribution in [2.75, 3.05) is 6.54 Å². The van der Waals surface area contributed by atoms with Crippen molar-refractivity contribution in [3.63, 3.8) is 0 Å². The largest absolute Gasteiger partial charge is 0.372 e. The Labute approximate surface area is 221 Å². The van der Waals surface area contributed by atoms with E-state index in [1.165, 1.54) is 33.0 Å². The van der Waals surface area contributed by atoms with Gasteiger partial charge in [0.15, 0.2) is 0 Å². The molecule has 0 fully saturated rings. The van der Waals surface area contributed by atoms with Crippen LogP contribution in [0.4, 0.5) is 5.69 Å². The third kappa shape index (κ3) is 4.02. The lowest BCUT2D eigenvalue weighted by atomic mass is 9.97. The van der Waals surface area contributed by atoms with E-state index in [1.807, 2.05) is 18.3 Å². The maximum Gasteiger partial charge on any atom is 0.279 e. The summed E-state index contributed by atoms with van der Waals surface area (Å²) in [5, 5.41) is 5.65. The van der Waals surface area contributed by atoms with Gasteiger partial charge in [-0.3, -0.25) is 0 Å². The third-order valence-electron chi connectivity index (χ3n) is 7.06. The van der Waals surface area contributed by atoms with E-state index in [-0.39, 0.29) is 0 Å². The summed E-state index contributed by atoms with van der Waals surface area (Å²) < 4.78 is 2.24. The summed E-state index contributed by atoms with van der Waals surface area (Å²) in [6, 6.07) is 42.8. The van der Waals surface area contributed by atoms with E-state index >= 15 is 0 Å². The first-order valence-electron chi connectivity index (χ1n) is 12.8. The molecule has 4 nitrogen and oxygen atoms in total. The lowest BCUT2D eigenvalue weighted by Crippen LogP contribution is -2.34. The Morgan fingerprint density at radius 2 is 1.24 bits per heavy atom. The van der Waals surface area contributed by atoms with Crippen LogP contribution in [-0.2, 0) is 0 Å². The van der Waals surface area contributed by atoms with E-state index < -0.39 is 0 Å². The molecule has 0 atom stereocenters. The Bertz CT molecular complexity index is 1780. The molecule has 180 valence electrons. The molecule has 0 amide bonds. The van der Waals surface area contributed by atoms with E-state index in [9.17, 15) is 0 Å². The highest BCUT2D eigenvalue weighted by Crippen LogP contribution is 2.29. The summed E-state index contributed by atoms with van der Waals surface area (Å²) in [5.41, 5.74) is 8.09. The summed E-state index contributed by atoms with van der Waals surface area (Å²) in [6.45, 7) is 0.795. The van der Waals surface area contributed by atoms with Gasteiger partial charge in [0.05, 0.1) is 17.5 Å². The number of para-hydroxylation sites is 1. The molecule has 7 rings (SSSR count). The van der Waals surface area contributed by atoms with Gasteiger partial charge in [0.25, 0.3) is 11.7 Å². The Kier molecular flexibility index (Phi) is 5.48. The van der Waals surface area contributed by atoms with Crippen LogP contribution in [0.5, 0.6) is 0 Å². The van der Waals surface area contributed by atoms with Crippen LogP contribution in [0.25, 0.3) is 27.5 Å². The molecular formula is C34H25N4+. The zero-order valence-corrected chi connectivity index (χ0v) is 20.8. The molecule has 0 bridgehead atoms. The fraction of sp³-hybridized carbons (Fsp3) is 0.0294. The summed E-state index contributed by atoms with van der Waals surface area (Å²) in [7, 11) is 0. The van der Waals surface area contributed by atoms with E-state index in [0.717, 1.165) is 35.0 Å². The lowest BCUT2D eigenvalue weighted by Gasteiger charge is -2.19. The molecule has 4 heteroatoms. The first kappa shape index (κ1) is 22.1. The molecule has 0 saturated carbocycles. The average molecular weight is 490 g/mol. The Hall–Kier alpha value is -5.09. The number of fused-ring (bicyclic) bond motifs is 1. The molecule has 0 unspecified atom stereocenters. The number of amidine groups is 2. The number of hydrogen-bond donors (Lipinski definition) is 1.